The molecule has 1 aliphatic rings. The highest BCUT2D eigenvalue weighted by Gasteiger charge is 2.20. The smallest absolute Gasteiger partial charge is 0.293 e. The van der Waals surface area contributed by atoms with E-state index in [9.17, 15) is 14.7 Å². The van der Waals surface area contributed by atoms with Gasteiger partial charge in [-0.15, -0.1) is 0 Å². The number of carbonyl (C=O) groups is 1. The van der Waals surface area contributed by atoms with Crippen LogP contribution in [0, 0.1) is 6.92 Å². The van der Waals surface area contributed by atoms with E-state index in [4.69, 9.17) is 4.74 Å². The molecule has 2 aromatic carbocycles. The van der Waals surface area contributed by atoms with Gasteiger partial charge in [-0.05, 0) is 55.0 Å². The van der Waals surface area contributed by atoms with Gasteiger partial charge in [0.2, 0.25) is 0 Å². The number of nitrogens with zero attached hydrogens (tertiary/aromatic N) is 4. The van der Waals surface area contributed by atoms with E-state index in [0.29, 0.717) is 30.1 Å². The van der Waals surface area contributed by atoms with Crippen LogP contribution in [-0.4, -0.2) is 58.0 Å². The lowest BCUT2D eigenvalue weighted by atomic mass is 9.91. The zero-order valence-corrected chi connectivity index (χ0v) is 25.2. The number of nitrogens with one attached hydrogen (secondary N) is 2. The first-order valence-electron chi connectivity index (χ1n) is 14.3. The molecule has 0 radical (unpaired) electrons. The first-order valence-corrected chi connectivity index (χ1v) is 14.3. The van der Waals surface area contributed by atoms with E-state index in [-0.39, 0.29) is 35.4 Å². The van der Waals surface area contributed by atoms with Crippen LogP contribution in [0.4, 0.5) is 22.9 Å². The lowest BCUT2D eigenvalue weighted by molar-refractivity contribution is 0.00357. The minimum atomic E-state index is -0.264. The summed E-state index contributed by atoms with van der Waals surface area (Å²) in [5.74, 6) is -0.0605. The molecule has 3 heterocycles. The number of hydrogen-bond donors (Lipinski definition) is 3. The topological polar surface area (TPSA) is 122 Å². The zero-order valence-electron chi connectivity index (χ0n) is 25.2. The molecule has 0 spiro atoms. The van der Waals surface area contributed by atoms with Crippen LogP contribution < -0.4 is 21.1 Å². The van der Waals surface area contributed by atoms with Gasteiger partial charge in [0.05, 0.1) is 30.6 Å². The third-order valence-electron chi connectivity index (χ3n) is 7.56. The Labute approximate surface area is 251 Å². The van der Waals surface area contributed by atoms with Crippen LogP contribution in [-0.2, 0) is 17.2 Å². The first kappa shape index (κ1) is 29.9. The van der Waals surface area contributed by atoms with Gasteiger partial charge >= 0.3 is 0 Å². The summed E-state index contributed by atoms with van der Waals surface area (Å²) in [4.78, 5) is 37.4. The molecule has 4 aromatic rings. The van der Waals surface area contributed by atoms with Gasteiger partial charge in [-0.3, -0.25) is 14.6 Å². The standard InChI is InChI=1S/C33H38N6O4/c1-21-26(7-6-8-27(21)37-31(41)22-9-14-29(34-17-22)33(2,3)4)28-19-38(5)32(42)30(36-28)35-23-10-12-24(13-11-23)39-15-16-43-25(18-39)20-40/h6-14,17,19,25,40H,15-16,18,20H2,1-5H3,(H,35,36)(H,37,41). The molecule has 1 unspecified atom stereocenters. The van der Waals surface area contributed by atoms with Crippen molar-refractivity contribution in [2.24, 2.45) is 7.05 Å². The van der Waals surface area contributed by atoms with Gasteiger partial charge in [-0.1, -0.05) is 32.9 Å². The first-order chi connectivity index (χ1) is 20.5. The van der Waals surface area contributed by atoms with Crippen molar-refractivity contribution in [1.29, 1.82) is 0 Å². The summed E-state index contributed by atoms with van der Waals surface area (Å²) >= 11 is 0. The lowest BCUT2D eigenvalue weighted by Crippen LogP contribution is -2.44. The number of ether oxygens (including phenoxy) is 1. The van der Waals surface area contributed by atoms with Crippen molar-refractivity contribution in [3.63, 3.8) is 0 Å². The Morgan fingerprint density at radius 3 is 2.56 bits per heavy atom. The average molecular weight is 583 g/mol. The molecule has 1 atom stereocenters. The quantitative estimate of drug-likeness (QED) is 0.288. The number of aliphatic hydroxyl groups is 1. The predicted octanol–water partition coefficient (Wildman–Crippen LogP) is 4.64. The molecule has 2 aromatic heterocycles. The second-order valence-electron chi connectivity index (χ2n) is 11.8. The number of aromatic nitrogens is 3. The van der Waals surface area contributed by atoms with Crippen LogP contribution in [0.2, 0.25) is 0 Å². The fourth-order valence-corrected chi connectivity index (χ4v) is 4.99. The van der Waals surface area contributed by atoms with Crippen molar-refractivity contribution in [3.05, 3.63) is 94.2 Å². The van der Waals surface area contributed by atoms with Gasteiger partial charge in [0.1, 0.15) is 0 Å². The van der Waals surface area contributed by atoms with Crippen LogP contribution in [0.15, 0.2) is 71.8 Å². The summed E-state index contributed by atoms with van der Waals surface area (Å²) < 4.78 is 7.04. The van der Waals surface area contributed by atoms with Crippen LogP contribution in [0.3, 0.4) is 0 Å². The maximum absolute atomic E-state index is 13.0. The fourth-order valence-electron chi connectivity index (χ4n) is 4.99. The van der Waals surface area contributed by atoms with E-state index in [1.165, 1.54) is 4.57 Å². The summed E-state index contributed by atoms with van der Waals surface area (Å²) in [6.45, 7) is 10.1. The molecule has 0 aliphatic carbocycles. The SMILES string of the molecule is Cc1c(NC(=O)c2ccc(C(C)(C)C)nc2)cccc1-c1cn(C)c(=O)c(Nc2ccc(N3CCOC(CO)C3)cc2)n1. The molecule has 0 saturated carbocycles. The second kappa shape index (κ2) is 12.4. The van der Waals surface area contributed by atoms with E-state index < -0.39 is 0 Å². The maximum Gasteiger partial charge on any atom is 0.293 e. The van der Waals surface area contributed by atoms with Crippen LogP contribution >= 0.6 is 0 Å². The lowest BCUT2D eigenvalue weighted by Gasteiger charge is -2.33. The van der Waals surface area contributed by atoms with Crippen LogP contribution in [0.1, 0.15) is 42.4 Å². The molecule has 43 heavy (non-hydrogen) atoms. The molecule has 224 valence electrons. The third-order valence-corrected chi connectivity index (χ3v) is 7.56. The van der Waals surface area contributed by atoms with E-state index in [2.05, 4.69) is 46.3 Å². The number of amides is 1. The molecule has 1 aliphatic heterocycles. The van der Waals surface area contributed by atoms with Crippen molar-refractivity contribution in [2.75, 3.05) is 41.8 Å². The Bertz CT molecular complexity index is 1660. The van der Waals surface area contributed by atoms with Gasteiger partial charge in [0, 0.05) is 66.3 Å². The van der Waals surface area contributed by atoms with Crippen LogP contribution in [0.25, 0.3) is 11.3 Å². The molecular weight excluding hydrogens is 544 g/mol. The monoisotopic (exact) mass is 582 g/mol. The number of aryl methyl sites for hydroxylation is 1. The van der Waals surface area contributed by atoms with Gasteiger partial charge < -0.3 is 29.9 Å². The molecule has 1 amide bonds. The highest BCUT2D eigenvalue weighted by Crippen LogP contribution is 2.29. The summed E-state index contributed by atoms with van der Waals surface area (Å²) in [6, 6.07) is 17.0. The minimum Gasteiger partial charge on any atom is -0.394 e. The number of morpholine rings is 1. The summed E-state index contributed by atoms with van der Waals surface area (Å²) in [7, 11) is 1.69. The average Bonchev–Trinajstić information content (AvgIpc) is 3.00. The van der Waals surface area contributed by atoms with Crippen molar-refractivity contribution >= 4 is 28.8 Å². The van der Waals surface area contributed by atoms with Crippen molar-refractivity contribution in [2.45, 2.75) is 39.2 Å². The molecule has 5 rings (SSSR count). The number of anilines is 4. The minimum absolute atomic E-state index is 0.0148. The van der Waals surface area contributed by atoms with Gasteiger partial charge in [-0.2, -0.15) is 0 Å². The summed E-state index contributed by atoms with van der Waals surface area (Å²) in [5, 5.41) is 15.6. The zero-order chi connectivity index (χ0) is 30.7. The van der Waals surface area contributed by atoms with Gasteiger partial charge in [0.25, 0.3) is 11.5 Å². The van der Waals surface area contributed by atoms with Crippen molar-refractivity contribution in [1.82, 2.24) is 14.5 Å². The molecule has 1 fully saturated rings. The molecule has 10 heteroatoms. The molecular formula is C33H38N6O4. The number of aliphatic hydroxyl groups excluding tert-OH is 1. The maximum atomic E-state index is 13.0. The Hall–Kier alpha value is -4.54. The summed E-state index contributed by atoms with van der Waals surface area (Å²) in [6.07, 6.45) is 3.09. The van der Waals surface area contributed by atoms with E-state index in [1.54, 1.807) is 25.5 Å². The second-order valence-corrected chi connectivity index (χ2v) is 11.8. The Balaban J connectivity index is 1.35. The van der Waals surface area contributed by atoms with Crippen LogP contribution in [0.5, 0.6) is 0 Å². The molecule has 1 saturated heterocycles. The Morgan fingerprint density at radius 1 is 1.12 bits per heavy atom. The van der Waals surface area contributed by atoms with E-state index in [1.807, 2.05) is 55.5 Å². The number of rotatable bonds is 7. The van der Waals surface area contributed by atoms with E-state index >= 15 is 0 Å². The van der Waals surface area contributed by atoms with Gasteiger partial charge in [-0.25, -0.2) is 4.98 Å². The Morgan fingerprint density at radius 2 is 1.88 bits per heavy atom. The molecule has 10 nitrogen and oxygen atoms in total. The number of carbonyl (C=O) groups excluding carboxylic acids is 1. The number of hydrogen-bond acceptors (Lipinski definition) is 8. The third kappa shape index (κ3) is 6.76. The Kier molecular flexibility index (Phi) is 8.61. The van der Waals surface area contributed by atoms with Gasteiger partial charge in [0.15, 0.2) is 5.82 Å². The summed E-state index contributed by atoms with van der Waals surface area (Å²) in [5.41, 5.74) is 5.60. The normalized spacial score (nSPS) is 15.3. The van der Waals surface area contributed by atoms with Crippen molar-refractivity contribution < 1.29 is 14.6 Å². The van der Waals surface area contributed by atoms with E-state index in [0.717, 1.165) is 34.7 Å². The number of benzene rings is 2. The predicted molar refractivity (Wildman–Crippen MR) is 169 cm³/mol. The highest BCUT2D eigenvalue weighted by molar-refractivity contribution is 6.04. The molecule has 3 N–H and O–H groups in total. The number of pyridine rings is 1. The molecule has 0 bridgehead atoms. The fraction of sp³-hybridized carbons (Fsp3) is 0.333. The highest BCUT2D eigenvalue weighted by atomic mass is 16.5. The largest absolute Gasteiger partial charge is 0.394 e. The van der Waals surface area contributed by atoms with Crippen molar-refractivity contribution in [3.8, 4) is 11.3 Å².